The molecule has 0 fully saturated rings. The minimum atomic E-state index is 0.0138. The maximum atomic E-state index is 12.5. The monoisotopic (exact) mass is 300 g/mol. The molecule has 0 aliphatic carbocycles. The standard InChI is InChI=1S/C15H16N4OS/c1-3-16-12-6-11(4-5-17-12)7-19-9-18-13-10(2)8-21-14(13)15(19)20/h4-6,8-9H,3,7H2,1-2H3,(H,16,17). The van der Waals surface area contributed by atoms with Crippen molar-refractivity contribution in [1.82, 2.24) is 14.5 Å². The van der Waals surface area contributed by atoms with Gasteiger partial charge in [0.2, 0.25) is 0 Å². The van der Waals surface area contributed by atoms with Gasteiger partial charge in [-0.05, 0) is 42.5 Å². The summed E-state index contributed by atoms with van der Waals surface area (Å²) in [5, 5.41) is 5.14. The van der Waals surface area contributed by atoms with Crippen LogP contribution >= 0.6 is 11.3 Å². The minimum absolute atomic E-state index is 0.0138. The Kier molecular flexibility index (Phi) is 3.70. The number of aromatic nitrogens is 3. The zero-order valence-electron chi connectivity index (χ0n) is 12.0. The molecule has 0 saturated carbocycles. The van der Waals surface area contributed by atoms with Crippen LogP contribution in [0.5, 0.6) is 0 Å². The average Bonchev–Trinajstić information content (AvgIpc) is 2.85. The topological polar surface area (TPSA) is 59.8 Å². The number of hydrogen-bond acceptors (Lipinski definition) is 5. The SMILES string of the molecule is CCNc1cc(Cn2cnc3c(C)csc3c2=O)ccn1. The number of pyridine rings is 1. The Morgan fingerprint density at radius 1 is 1.38 bits per heavy atom. The van der Waals surface area contributed by atoms with E-state index in [1.807, 2.05) is 31.4 Å². The third-order valence-electron chi connectivity index (χ3n) is 3.26. The van der Waals surface area contributed by atoms with Crippen LogP contribution in [0.15, 0.2) is 34.8 Å². The number of fused-ring (bicyclic) bond motifs is 1. The molecule has 3 aromatic heterocycles. The summed E-state index contributed by atoms with van der Waals surface area (Å²) in [4.78, 5) is 21.1. The van der Waals surface area contributed by atoms with Crippen LogP contribution in [0, 0.1) is 6.92 Å². The van der Waals surface area contributed by atoms with E-state index in [1.54, 1.807) is 17.1 Å². The lowest BCUT2D eigenvalue weighted by Crippen LogP contribution is -2.20. The lowest BCUT2D eigenvalue weighted by molar-refractivity contribution is 0.748. The average molecular weight is 300 g/mol. The summed E-state index contributed by atoms with van der Waals surface area (Å²) in [7, 11) is 0. The van der Waals surface area contributed by atoms with E-state index in [4.69, 9.17) is 0 Å². The third kappa shape index (κ3) is 2.67. The van der Waals surface area contributed by atoms with E-state index >= 15 is 0 Å². The number of hydrogen-bond donors (Lipinski definition) is 1. The van der Waals surface area contributed by atoms with Crippen molar-refractivity contribution in [3.05, 3.63) is 51.5 Å². The maximum absolute atomic E-state index is 12.5. The van der Waals surface area contributed by atoms with Gasteiger partial charge in [-0.15, -0.1) is 11.3 Å². The molecule has 0 aromatic carbocycles. The molecule has 3 heterocycles. The molecule has 3 aromatic rings. The molecule has 6 heteroatoms. The molecule has 0 bridgehead atoms. The van der Waals surface area contributed by atoms with Gasteiger partial charge in [0.05, 0.1) is 18.4 Å². The summed E-state index contributed by atoms with van der Waals surface area (Å²) >= 11 is 1.46. The van der Waals surface area contributed by atoms with E-state index in [0.717, 1.165) is 33.7 Å². The largest absolute Gasteiger partial charge is 0.370 e. The van der Waals surface area contributed by atoms with E-state index < -0.39 is 0 Å². The molecule has 0 radical (unpaired) electrons. The first-order valence-electron chi connectivity index (χ1n) is 6.81. The predicted molar refractivity (Wildman–Crippen MR) is 86.1 cm³/mol. The predicted octanol–water partition coefficient (Wildman–Crippen LogP) is 2.64. The van der Waals surface area contributed by atoms with Gasteiger partial charge < -0.3 is 5.32 Å². The van der Waals surface area contributed by atoms with Crippen molar-refractivity contribution < 1.29 is 0 Å². The lowest BCUT2D eigenvalue weighted by atomic mass is 10.2. The van der Waals surface area contributed by atoms with E-state index in [1.165, 1.54) is 11.3 Å². The Morgan fingerprint density at radius 2 is 2.24 bits per heavy atom. The molecule has 3 rings (SSSR count). The summed E-state index contributed by atoms with van der Waals surface area (Å²) < 4.78 is 2.36. The van der Waals surface area contributed by atoms with E-state index in [2.05, 4.69) is 15.3 Å². The third-order valence-corrected chi connectivity index (χ3v) is 4.33. The van der Waals surface area contributed by atoms with E-state index in [0.29, 0.717) is 6.54 Å². The van der Waals surface area contributed by atoms with Gasteiger partial charge in [0.1, 0.15) is 10.5 Å². The second kappa shape index (κ2) is 5.65. The van der Waals surface area contributed by atoms with Gasteiger partial charge in [0, 0.05) is 12.7 Å². The van der Waals surface area contributed by atoms with Crippen LogP contribution in [0.2, 0.25) is 0 Å². The molecule has 1 N–H and O–H groups in total. The molecule has 0 aliphatic rings. The maximum Gasteiger partial charge on any atom is 0.271 e. The molecule has 0 spiro atoms. The molecular weight excluding hydrogens is 284 g/mol. The summed E-state index contributed by atoms with van der Waals surface area (Å²) in [6.45, 7) is 5.31. The molecule has 0 atom stereocenters. The van der Waals surface area contributed by atoms with Gasteiger partial charge in [0.15, 0.2) is 0 Å². The van der Waals surface area contributed by atoms with Crippen molar-refractivity contribution in [3.8, 4) is 0 Å². The number of thiophene rings is 1. The van der Waals surface area contributed by atoms with E-state index in [-0.39, 0.29) is 5.56 Å². The zero-order chi connectivity index (χ0) is 14.8. The molecule has 0 saturated heterocycles. The first kappa shape index (κ1) is 13.8. The van der Waals surface area contributed by atoms with Gasteiger partial charge in [-0.3, -0.25) is 9.36 Å². The van der Waals surface area contributed by atoms with Crippen molar-refractivity contribution in [2.75, 3.05) is 11.9 Å². The van der Waals surface area contributed by atoms with Gasteiger partial charge in [-0.25, -0.2) is 9.97 Å². The number of nitrogens with zero attached hydrogens (tertiary/aromatic N) is 3. The van der Waals surface area contributed by atoms with Gasteiger partial charge in [-0.2, -0.15) is 0 Å². The van der Waals surface area contributed by atoms with Crippen LogP contribution < -0.4 is 10.9 Å². The van der Waals surface area contributed by atoms with Crippen molar-refractivity contribution in [3.63, 3.8) is 0 Å². The Morgan fingerprint density at radius 3 is 3.05 bits per heavy atom. The second-order valence-electron chi connectivity index (χ2n) is 4.85. The molecule has 108 valence electrons. The second-order valence-corrected chi connectivity index (χ2v) is 5.73. The van der Waals surface area contributed by atoms with Gasteiger partial charge in [0.25, 0.3) is 5.56 Å². The molecular formula is C15H16N4OS. The van der Waals surface area contributed by atoms with Gasteiger partial charge >= 0.3 is 0 Å². The van der Waals surface area contributed by atoms with Gasteiger partial charge in [-0.1, -0.05) is 0 Å². The lowest BCUT2D eigenvalue weighted by Gasteiger charge is -2.07. The first-order chi connectivity index (χ1) is 10.2. The Hall–Kier alpha value is -2.21. The fourth-order valence-corrected chi connectivity index (χ4v) is 3.17. The molecule has 0 amide bonds. The fourth-order valence-electron chi connectivity index (χ4n) is 2.22. The van der Waals surface area contributed by atoms with Crippen molar-refractivity contribution in [2.45, 2.75) is 20.4 Å². The van der Waals surface area contributed by atoms with Crippen LogP contribution in [0.3, 0.4) is 0 Å². The van der Waals surface area contributed by atoms with Crippen molar-refractivity contribution in [1.29, 1.82) is 0 Å². The Bertz CT molecular complexity index is 837. The van der Waals surface area contributed by atoms with Crippen molar-refractivity contribution >= 4 is 27.4 Å². The summed E-state index contributed by atoms with van der Waals surface area (Å²) in [5.74, 6) is 0.823. The normalized spacial score (nSPS) is 11.0. The molecule has 0 aliphatic heterocycles. The van der Waals surface area contributed by atoms with Crippen LogP contribution in [0.25, 0.3) is 10.2 Å². The summed E-state index contributed by atoms with van der Waals surface area (Å²) in [6, 6.07) is 3.87. The van der Waals surface area contributed by atoms with E-state index in [9.17, 15) is 4.79 Å². The highest BCUT2D eigenvalue weighted by Gasteiger charge is 2.08. The highest BCUT2D eigenvalue weighted by molar-refractivity contribution is 7.17. The zero-order valence-corrected chi connectivity index (χ0v) is 12.8. The Balaban J connectivity index is 1.96. The fraction of sp³-hybridized carbons (Fsp3) is 0.267. The summed E-state index contributed by atoms with van der Waals surface area (Å²) in [5.41, 5.74) is 2.90. The van der Waals surface area contributed by atoms with Crippen LogP contribution in [0.4, 0.5) is 5.82 Å². The summed E-state index contributed by atoms with van der Waals surface area (Å²) in [6.07, 6.45) is 3.37. The van der Waals surface area contributed by atoms with Crippen LogP contribution in [-0.2, 0) is 6.54 Å². The van der Waals surface area contributed by atoms with Crippen LogP contribution in [0.1, 0.15) is 18.1 Å². The van der Waals surface area contributed by atoms with Crippen molar-refractivity contribution in [2.24, 2.45) is 0 Å². The molecule has 21 heavy (non-hydrogen) atoms. The molecule has 5 nitrogen and oxygen atoms in total. The highest BCUT2D eigenvalue weighted by Crippen LogP contribution is 2.19. The number of nitrogens with one attached hydrogen (secondary N) is 1. The smallest absolute Gasteiger partial charge is 0.271 e. The number of anilines is 1. The number of aryl methyl sites for hydroxylation is 1. The Labute approximate surface area is 126 Å². The molecule has 0 unspecified atom stereocenters. The minimum Gasteiger partial charge on any atom is -0.370 e. The highest BCUT2D eigenvalue weighted by atomic mass is 32.1. The quantitative estimate of drug-likeness (QED) is 0.804. The number of rotatable bonds is 4. The van der Waals surface area contributed by atoms with Crippen LogP contribution in [-0.4, -0.2) is 21.1 Å². The first-order valence-corrected chi connectivity index (χ1v) is 7.69.